The zero-order chi connectivity index (χ0) is 29.0. The normalized spacial score (nSPS) is 20.9. The number of amides is 2. The Balaban J connectivity index is 1.77. The van der Waals surface area contributed by atoms with Crippen LogP contribution in [0.25, 0.3) is 0 Å². The maximum atomic E-state index is 13.5. The second-order valence-electron chi connectivity index (χ2n) is 11.7. The highest BCUT2D eigenvalue weighted by atomic mass is 16.5. The molecule has 3 atom stereocenters. The third-order valence-electron chi connectivity index (χ3n) is 7.41. The van der Waals surface area contributed by atoms with Gasteiger partial charge in [-0.15, -0.1) is 0 Å². The summed E-state index contributed by atoms with van der Waals surface area (Å²) in [6, 6.07) is 19.1. The van der Waals surface area contributed by atoms with Crippen molar-refractivity contribution in [2.24, 2.45) is 17.3 Å². The summed E-state index contributed by atoms with van der Waals surface area (Å²) in [5.41, 5.74) is 1.68. The van der Waals surface area contributed by atoms with Gasteiger partial charge >= 0.3 is 5.97 Å². The van der Waals surface area contributed by atoms with E-state index in [1.54, 1.807) is 4.90 Å². The van der Waals surface area contributed by atoms with E-state index in [0.717, 1.165) is 11.1 Å². The van der Waals surface area contributed by atoms with E-state index in [4.69, 9.17) is 4.74 Å². The third kappa shape index (κ3) is 9.94. The lowest BCUT2D eigenvalue weighted by molar-refractivity contribution is -0.151. The first-order valence-electron chi connectivity index (χ1n) is 14.3. The summed E-state index contributed by atoms with van der Waals surface area (Å²) in [4.78, 5) is 41.6. The Hall–Kier alpha value is -3.45. The van der Waals surface area contributed by atoms with Crippen LogP contribution in [0.15, 0.2) is 72.8 Å². The molecule has 2 amide bonds. The van der Waals surface area contributed by atoms with Crippen LogP contribution < -0.4 is 5.32 Å². The molecule has 0 unspecified atom stereocenters. The Kier molecular flexibility index (Phi) is 11.9. The molecule has 3 rings (SSSR count). The molecule has 216 valence electrons. The van der Waals surface area contributed by atoms with E-state index in [-0.39, 0.29) is 55.3 Å². The van der Waals surface area contributed by atoms with Crippen LogP contribution in [0, 0.1) is 17.3 Å². The Morgan fingerprint density at radius 3 is 2.25 bits per heavy atom. The average Bonchev–Trinajstić information content (AvgIpc) is 2.94. The number of cyclic esters (lactones) is 1. The molecule has 0 spiro atoms. The molecule has 2 aromatic carbocycles. The zero-order valence-electron chi connectivity index (χ0n) is 24.1. The van der Waals surface area contributed by atoms with Gasteiger partial charge in [-0.1, -0.05) is 93.6 Å². The van der Waals surface area contributed by atoms with Crippen LogP contribution in [-0.4, -0.2) is 53.6 Å². The van der Waals surface area contributed by atoms with E-state index < -0.39 is 12.0 Å². The van der Waals surface area contributed by atoms with Crippen LogP contribution >= 0.6 is 0 Å². The summed E-state index contributed by atoms with van der Waals surface area (Å²) in [6.07, 6.45) is 6.27. The molecule has 0 bridgehead atoms. The van der Waals surface area contributed by atoms with Gasteiger partial charge in [0, 0.05) is 19.5 Å². The van der Waals surface area contributed by atoms with Crippen LogP contribution in [0.3, 0.4) is 0 Å². The van der Waals surface area contributed by atoms with Gasteiger partial charge in [-0.25, -0.2) is 0 Å². The summed E-state index contributed by atoms with van der Waals surface area (Å²) >= 11 is 0. The van der Waals surface area contributed by atoms with E-state index >= 15 is 0 Å². The van der Waals surface area contributed by atoms with E-state index in [2.05, 4.69) is 5.32 Å². The molecular weight excluding hydrogens is 504 g/mol. The first-order valence-corrected chi connectivity index (χ1v) is 14.3. The zero-order valence-corrected chi connectivity index (χ0v) is 24.1. The fourth-order valence-electron chi connectivity index (χ4n) is 4.80. The van der Waals surface area contributed by atoms with E-state index in [0.29, 0.717) is 32.2 Å². The van der Waals surface area contributed by atoms with Crippen molar-refractivity contribution >= 4 is 17.8 Å². The molecule has 0 radical (unpaired) electrons. The van der Waals surface area contributed by atoms with Gasteiger partial charge in [0.2, 0.25) is 11.8 Å². The molecule has 1 heterocycles. The van der Waals surface area contributed by atoms with Gasteiger partial charge < -0.3 is 20.1 Å². The van der Waals surface area contributed by atoms with Crippen molar-refractivity contribution < 1.29 is 24.2 Å². The molecule has 7 heteroatoms. The molecule has 1 aliphatic heterocycles. The number of rotatable bonds is 8. The second kappa shape index (κ2) is 15.4. The predicted molar refractivity (Wildman–Crippen MR) is 156 cm³/mol. The summed E-state index contributed by atoms with van der Waals surface area (Å²) in [6.45, 7) is 6.46. The van der Waals surface area contributed by atoms with Crippen molar-refractivity contribution in [2.75, 3.05) is 19.8 Å². The van der Waals surface area contributed by atoms with Crippen molar-refractivity contribution in [3.63, 3.8) is 0 Å². The molecule has 0 aromatic heterocycles. The molecule has 40 heavy (non-hydrogen) atoms. The molecule has 7 nitrogen and oxygen atoms in total. The lowest BCUT2D eigenvalue weighted by atomic mass is 9.86. The highest BCUT2D eigenvalue weighted by molar-refractivity contribution is 5.86. The van der Waals surface area contributed by atoms with Gasteiger partial charge in [0.25, 0.3) is 0 Å². The Bertz CT molecular complexity index is 1110. The summed E-state index contributed by atoms with van der Waals surface area (Å²) in [5, 5.41) is 12.7. The molecule has 0 fully saturated rings. The van der Waals surface area contributed by atoms with Gasteiger partial charge in [0.15, 0.2) is 0 Å². The number of esters is 1. The van der Waals surface area contributed by atoms with Gasteiger partial charge in [-0.2, -0.15) is 0 Å². The summed E-state index contributed by atoms with van der Waals surface area (Å²) < 4.78 is 5.80. The molecule has 2 aromatic rings. The number of carbonyl (C=O) groups excluding carboxylic acids is 3. The predicted octanol–water partition coefficient (Wildman–Crippen LogP) is 4.69. The minimum absolute atomic E-state index is 0.0241. The van der Waals surface area contributed by atoms with Crippen molar-refractivity contribution in [1.82, 2.24) is 10.2 Å². The monoisotopic (exact) mass is 548 g/mol. The van der Waals surface area contributed by atoms with Crippen molar-refractivity contribution in [3.05, 3.63) is 83.9 Å². The maximum absolute atomic E-state index is 13.5. The maximum Gasteiger partial charge on any atom is 0.309 e. The average molecular weight is 549 g/mol. The van der Waals surface area contributed by atoms with Gasteiger partial charge in [-0.3, -0.25) is 14.4 Å². The van der Waals surface area contributed by atoms with Gasteiger partial charge in [0.05, 0.1) is 24.5 Å². The Morgan fingerprint density at radius 2 is 1.62 bits per heavy atom. The van der Waals surface area contributed by atoms with E-state index in [1.807, 2.05) is 93.6 Å². The number of carbonyl (C=O) groups is 3. The largest absolute Gasteiger partial charge is 0.463 e. The molecule has 2 N–H and O–H groups in total. The van der Waals surface area contributed by atoms with Crippen molar-refractivity contribution in [1.29, 1.82) is 0 Å². The Labute approximate surface area is 238 Å². The van der Waals surface area contributed by atoms with E-state index in [1.165, 1.54) is 0 Å². The van der Waals surface area contributed by atoms with E-state index in [9.17, 15) is 19.5 Å². The minimum atomic E-state index is -0.581. The second-order valence-corrected chi connectivity index (χ2v) is 11.7. The Morgan fingerprint density at radius 1 is 0.975 bits per heavy atom. The van der Waals surface area contributed by atoms with Crippen molar-refractivity contribution in [2.45, 2.75) is 65.5 Å². The van der Waals surface area contributed by atoms with Crippen LogP contribution in [0.2, 0.25) is 0 Å². The molecule has 1 aliphatic rings. The topological polar surface area (TPSA) is 95.9 Å². The van der Waals surface area contributed by atoms with Gasteiger partial charge in [0.1, 0.15) is 6.61 Å². The minimum Gasteiger partial charge on any atom is -0.463 e. The number of nitrogens with one attached hydrogen (secondary N) is 1. The number of aliphatic hydroxyl groups excluding tert-OH is 1. The SMILES string of the molecule is CC(C)(C)[C@H]1COC(=O)[C@@H](Cc2ccccc2)CCC=CC[C@H](CC(=O)N(CCO)Cc2ccccc2)C(=O)N1. The van der Waals surface area contributed by atoms with Crippen LogP contribution in [-0.2, 0) is 32.1 Å². The van der Waals surface area contributed by atoms with Gasteiger partial charge in [-0.05, 0) is 42.2 Å². The van der Waals surface area contributed by atoms with Crippen LogP contribution in [0.4, 0.5) is 0 Å². The first-order chi connectivity index (χ1) is 19.2. The fourth-order valence-corrected chi connectivity index (χ4v) is 4.80. The number of nitrogens with zero attached hydrogens (tertiary/aromatic N) is 1. The number of hydrogen-bond donors (Lipinski definition) is 2. The lowest BCUT2D eigenvalue weighted by Gasteiger charge is -2.33. The number of hydrogen-bond acceptors (Lipinski definition) is 5. The van der Waals surface area contributed by atoms with Crippen LogP contribution in [0.1, 0.15) is 57.6 Å². The summed E-state index contributed by atoms with van der Waals surface area (Å²) in [7, 11) is 0. The number of benzene rings is 2. The third-order valence-corrected chi connectivity index (χ3v) is 7.41. The number of allylic oxidation sites excluding steroid dienone is 2. The summed E-state index contributed by atoms with van der Waals surface area (Å²) in [5.74, 6) is -1.55. The standard InChI is InChI=1S/C33H44N2O5/c1-33(2,3)29-24-40-32(39)28(21-25-13-7-4-8-14-25)18-12-6-11-17-27(31(38)34-29)22-30(37)35(19-20-36)23-26-15-9-5-10-16-26/h4-11,13-16,27-29,36H,12,17-24H2,1-3H3,(H,34,38)/t27-,28-,29-/m1/s1. The highest BCUT2D eigenvalue weighted by Crippen LogP contribution is 2.24. The van der Waals surface area contributed by atoms with Crippen molar-refractivity contribution in [3.8, 4) is 0 Å². The molecule has 0 aliphatic carbocycles. The molecule has 0 saturated carbocycles. The smallest absolute Gasteiger partial charge is 0.309 e. The quantitative estimate of drug-likeness (QED) is 0.369. The van der Waals surface area contributed by atoms with Crippen LogP contribution in [0.5, 0.6) is 0 Å². The highest BCUT2D eigenvalue weighted by Gasteiger charge is 2.32. The first kappa shape index (κ1) is 31.1. The number of ether oxygens (including phenoxy) is 1. The molecular formula is C33H44N2O5. The molecule has 0 saturated heterocycles. The fraction of sp³-hybridized carbons (Fsp3) is 0.485. The lowest BCUT2D eigenvalue weighted by Crippen LogP contribution is -2.50. The number of aliphatic hydroxyl groups is 1.